The first-order chi connectivity index (χ1) is 8.95. The number of methoxy groups -OCH3 is 1. The second-order valence-corrected chi connectivity index (χ2v) is 6.31. The van der Waals surface area contributed by atoms with Gasteiger partial charge in [-0.1, -0.05) is 15.9 Å². The average molecular weight is 326 g/mol. The lowest BCUT2D eigenvalue weighted by molar-refractivity contribution is -0.00469. The number of rotatable bonds is 3. The van der Waals surface area contributed by atoms with E-state index in [1.807, 2.05) is 18.2 Å². The largest absolute Gasteiger partial charge is 0.377 e. The fraction of sp³-hybridized carbons (Fsp3) is 0.533. The van der Waals surface area contributed by atoms with E-state index >= 15 is 0 Å². The predicted molar refractivity (Wildman–Crippen MR) is 81.0 cm³/mol. The number of nitrogens with zero attached hydrogens (tertiary/aromatic N) is 1. The maximum Gasteiger partial charge on any atom is 0.161 e. The van der Waals surface area contributed by atoms with Crippen LogP contribution in [0.5, 0.6) is 0 Å². The number of anilines is 1. The van der Waals surface area contributed by atoms with Gasteiger partial charge in [-0.15, -0.1) is 0 Å². The number of ketones is 1. The molecular formula is C15H20BrNO2. The maximum absolute atomic E-state index is 11.8. The van der Waals surface area contributed by atoms with Crippen LogP contribution in [0.1, 0.15) is 37.0 Å². The van der Waals surface area contributed by atoms with Crippen LogP contribution >= 0.6 is 15.9 Å². The van der Waals surface area contributed by atoms with Crippen LogP contribution in [0.4, 0.5) is 5.69 Å². The van der Waals surface area contributed by atoms with Crippen molar-refractivity contribution in [2.24, 2.45) is 0 Å². The van der Waals surface area contributed by atoms with Gasteiger partial charge in [0.15, 0.2) is 5.78 Å². The third kappa shape index (κ3) is 3.18. The van der Waals surface area contributed by atoms with Crippen molar-refractivity contribution in [3.05, 3.63) is 28.2 Å². The third-order valence-electron chi connectivity index (χ3n) is 3.83. The fourth-order valence-corrected chi connectivity index (χ4v) is 2.99. The van der Waals surface area contributed by atoms with E-state index in [0.29, 0.717) is 0 Å². The number of benzene rings is 1. The zero-order valence-electron chi connectivity index (χ0n) is 11.7. The Kier molecular flexibility index (Phi) is 4.31. The van der Waals surface area contributed by atoms with Crippen LogP contribution in [0, 0.1) is 0 Å². The van der Waals surface area contributed by atoms with Gasteiger partial charge in [-0.25, -0.2) is 0 Å². The summed E-state index contributed by atoms with van der Waals surface area (Å²) in [4.78, 5) is 14.0. The van der Waals surface area contributed by atoms with E-state index in [1.165, 1.54) is 0 Å². The van der Waals surface area contributed by atoms with E-state index in [9.17, 15) is 4.79 Å². The molecule has 104 valence electrons. The number of hydrogen-bond acceptors (Lipinski definition) is 3. The van der Waals surface area contributed by atoms with Gasteiger partial charge in [0.25, 0.3) is 0 Å². The summed E-state index contributed by atoms with van der Waals surface area (Å²) in [7, 11) is 1.76. The summed E-state index contributed by atoms with van der Waals surface area (Å²) in [5.74, 6) is 0.104. The highest BCUT2D eigenvalue weighted by Gasteiger charge is 2.32. The van der Waals surface area contributed by atoms with Crippen molar-refractivity contribution in [1.29, 1.82) is 0 Å². The smallest absolute Gasteiger partial charge is 0.161 e. The molecule has 1 aromatic carbocycles. The summed E-state index contributed by atoms with van der Waals surface area (Å²) in [5, 5.41) is 0. The van der Waals surface area contributed by atoms with Gasteiger partial charge in [-0.2, -0.15) is 0 Å². The van der Waals surface area contributed by atoms with Crippen molar-refractivity contribution in [3.63, 3.8) is 0 Å². The lowest BCUT2D eigenvalue weighted by Crippen LogP contribution is -2.47. The minimum absolute atomic E-state index is 0.104. The molecule has 0 saturated carbocycles. The van der Waals surface area contributed by atoms with Gasteiger partial charge in [0.05, 0.1) is 5.60 Å². The minimum Gasteiger partial charge on any atom is -0.377 e. The van der Waals surface area contributed by atoms with Crippen LogP contribution in [0.15, 0.2) is 22.7 Å². The molecule has 1 atom stereocenters. The van der Waals surface area contributed by atoms with Crippen LogP contribution in [0.3, 0.4) is 0 Å². The molecule has 0 radical (unpaired) electrons. The molecule has 0 spiro atoms. The first-order valence-electron chi connectivity index (χ1n) is 6.56. The highest BCUT2D eigenvalue weighted by molar-refractivity contribution is 9.10. The van der Waals surface area contributed by atoms with Crippen molar-refractivity contribution in [3.8, 4) is 0 Å². The van der Waals surface area contributed by atoms with Crippen LogP contribution in [0.2, 0.25) is 0 Å². The lowest BCUT2D eigenvalue weighted by Gasteiger charge is -2.41. The molecule has 1 unspecified atom stereocenters. The Labute approximate surface area is 123 Å². The van der Waals surface area contributed by atoms with Crippen LogP contribution in [-0.2, 0) is 4.74 Å². The van der Waals surface area contributed by atoms with E-state index in [1.54, 1.807) is 14.0 Å². The second-order valence-electron chi connectivity index (χ2n) is 5.40. The third-order valence-corrected chi connectivity index (χ3v) is 4.32. The average Bonchev–Trinajstić information content (AvgIpc) is 2.38. The Balaban J connectivity index is 2.35. The summed E-state index contributed by atoms with van der Waals surface area (Å²) in [6.07, 6.45) is 2.14. The molecule has 3 nitrogen and oxygen atoms in total. The maximum atomic E-state index is 11.8. The van der Waals surface area contributed by atoms with Crippen LogP contribution < -0.4 is 4.90 Å². The number of ether oxygens (including phenoxy) is 1. The molecule has 1 fully saturated rings. The zero-order valence-corrected chi connectivity index (χ0v) is 13.3. The number of Topliss-reactive ketones (excluding diaryl/α,β-unsaturated/α-hetero) is 1. The molecule has 1 aliphatic heterocycles. The Hall–Kier alpha value is -0.870. The molecule has 0 amide bonds. The first kappa shape index (κ1) is 14.5. The molecule has 1 saturated heterocycles. The molecule has 4 heteroatoms. The summed E-state index contributed by atoms with van der Waals surface area (Å²) < 4.78 is 6.62. The van der Waals surface area contributed by atoms with Gasteiger partial charge in [-0.05, 0) is 44.9 Å². The minimum atomic E-state index is -0.130. The predicted octanol–water partition coefficient (Wildman–Crippen LogP) is 3.66. The highest BCUT2D eigenvalue weighted by Crippen LogP contribution is 2.32. The van der Waals surface area contributed by atoms with E-state index < -0.39 is 0 Å². The summed E-state index contributed by atoms with van der Waals surface area (Å²) >= 11 is 3.49. The molecular weight excluding hydrogens is 306 g/mol. The van der Waals surface area contributed by atoms with Crippen LogP contribution in [-0.4, -0.2) is 31.6 Å². The normalized spacial score (nSPS) is 23.5. The molecule has 0 aliphatic carbocycles. The van der Waals surface area contributed by atoms with Crippen molar-refractivity contribution >= 4 is 27.4 Å². The van der Waals surface area contributed by atoms with Crippen molar-refractivity contribution in [1.82, 2.24) is 0 Å². The van der Waals surface area contributed by atoms with E-state index in [4.69, 9.17) is 4.74 Å². The Bertz CT molecular complexity index is 489. The topological polar surface area (TPSA) is 29.5 Å². The quantitative estimate of drug-likeness (QED) is 0.794. The van der Waals surface area contributed by atoms with Crippen molar-refractivity contribution < 1.29 is 9.53 Å². The monoisotopic (exact) mass is 325 g/mol. The summed E-state index contributed by atoms with van der Waals surface area (Å²) in [5.41, 5.74) is 1.66. The first-order valence-corrected chi connectivity index (χ1v) is 7.35. The molecule has 19 heavy (non-hydrogen) atoms. The molecule has 1 heterocycles. The SMILES string of the molecule is COC1(C)CCCN(c2cc(Br)ccc2C(C)=O)C1. The van der Waals surface area contributed by atoms with Gasteiger partial charge in [0.1, 0.15) is 0 Å². The van der Waals surface area contributed by atoms with Crippen LogP contribution in [0.25, 0.3) is 0 Å². The Morgan fingerprint density at radius 1 is 1.47 bits per heavy atom. The Morgan fingerprint density at radius 3 is 2.84 bits per heavy atom. The number of piperidine rings is 1. The molecule has 0 aromatic heterocycles. The van der Waals surface area contributed by atoms with E-state index in [0.717, 1.165) is 41.7 Å². The number of halogens is 1. The van der Waals surface area contributed by atoms with E-state index in [-0.39, 0.29) is 11.4 Å². The van der Waals surface area contributed by atoms with Gasteiger partial charge >= 0.3 is 0 Å². The number of carbonyl (C=O) groups is 1. The second kappa shape index (κ2) is 5.63. The zero-order chi connectivity index (χ0) is 14.0. The fourth-order valence-electron chi connectivity index (χ4n) is 2.64. The molecule has 1 aromatic rings. The molecule has 0 N–H and O–H groups in total. The van der Waals surface area contributed by atoms with Gasteiger partial charge < -0.3 is 9.64 Å². The molecule has 1 aliphatic rings. The van der Waals surface area contributed by atoms with Gasteiger partial charge in [0, 0.05) is 35.9 Å². The lowest BCUT2D eigenvalue weighted by atomic mass is 9.93. The standard InChI is InChI=1S/C15H20BrNO2/c1-11(18)13-6-5-12(16)9-14(13)17-8-4-7-15(2,10-17)19-3/h5-6,9H,4,7-8,10H2,1-3H3. The number of hydrogen-bond donors (Lipinski definition) is 0. The van der Waals surface area contributed by atoms with Gasteiger partial charge in [0.2, 0.25) is 0 Å². The Morgan fingerprint density at radius 2 is 2.21 bits per heavy atom. The number of carbonyl (C=O) groups excluding carboxylic acids is 1. The van der Waals surface area contributed by atoms with Gasteiger partial charge in [-0.3, -0.25) is 4.79 Å². The van der Waals surface area contributed by atoms with E-state index in [2.05, 4.69) is 27.8 Å². The highest BCUT2D eigenvalue weighted by atomic mass is 79.9. The summed E-state index contributed by atoms with van der Waals surface area (Å²) in [6, 6.07) is 5.83. The van der Waals surface area contributed by atoms with Crippen molar-refractivity contribution in [2.75, 3.05) is 25.1 Å². The molecule has 2 rings (SSSR count). The summed E-state index contributed by atoms with van der Waals surface area (Å²) in [6.45, 7) is 5.53. The molecule has 0 bridgehead atoms. The van der Waals surface area contributed by atoms with Crippen molar-refractivity contribution in [2.45, 2.75) is 32.3 Å².